The van der Waals surface area contributed by atoms with Crippen LogP contribution in [0.15, 0.2) is 48.2 Å². The third kappa shape index (κ3) is 2.46. The fraction of sp³-hybridized carbons (Fsp3) is 0.333. The van der Waals surface area contributed by atoms with Crippen molar-refractivity contribution in [3.8, 4) is 18.2 Å². The number of ketones is 1. The molecule has 3 aliphatic rings. The summed E-state index contributed by atoms with van der Waals surface area (Å²) in [6, 6.07) is 12.2. The average Bonchev–Trinajstić information content (AvgIpc) is 3.50. The molecular formula is C21H15ClN4O. The van der Waals surface area contributed by atoms with E-state index in [1.165, 1.54) is 0 Å². The van der Waals surface area contributed by atoms with Gasteiger partial charge in [-0.2, -0.15) is 15.8 Å². The van der Waals surface area contributed by atoms with Gasteiger partial charge in [-0.05, 0) is 30.5 Å². The Morgan fingerprint density at radius 1 is 1.19 bits per heavy atom. The van der Waals surface area contributed by atoms with Crippen molar-refractivity contribution in [2.75, 3.05) is 0 Å². The van der Waals surface area contributed by atoms with Gasteiger partial charge < -0.3 is 4.90 Å². The van der Waals surface area contributed by atoms with Crippen molar-refractivity contribution in [1.82, 2.24) is 4.90 Å². The Hall–Kier alpha value is -3.07. The lowest BCUT2D eigenvalue weighted by Gasteiger charge is -2.30. The molecule has 0 N–H and O–H groups in total. The van der Waals surface area contributed by atoms with Gasteiger partial charge >= 0.3 is 0 Å². The maximum atomic E-state index is 13.2. The highest BCUT2D eigenvalue weighted by atomic mass is 35.5. The predicted octanol–water partition coefficient (Wildman–Crippen LogP) is 3.47. The topological polar surface area (TPSA) is 91.7 Å². The van der Waals surface area contributed by atoms with Gasteiger partial charge in [0, 0.05) is 23.1 Å². The predicted molar refractivity (Wildman–Crippen MR) is 97.8 cm³/mol. The number of nitriles is 3. The second-order valence-electron chi connectivity index (χ2n) is 7.16. The Morgan fingerprint density at radius 3 is 2.48 bits per heavy atom. The molecule has 1 aromatic rings. The molecule has 0 spiro atoms. The lowest BCUT2D eigenvalue weighted by atomic mass is 9.69. The number of Topliss-reactive ketones (excluding diaryl/α,β-unsaturated/α-hetero) is 1. The first-order valence-corrected chi connectivity index (χ1v) is 9.13. The van der Waals surface area contributed by atoms with E-state index in [4.69, 9.17) is 11.6 Å². The molecule has 132 valence electrons. The number of benzene rings is 1. The third-order valence-electron chi connectivity index (χ3n) is 5.67. The second-order valence-corrected chi connectivity index (χ2v) is 7.57. The third-order valence-corrected chi connectivity index (χ3v) is 6.02. The Bertz CT molecular complexity index is 988. The summed E-state index contributed by atoms with van der Waals surface area (Å²) in [5, 5.41) is 29.9. The van der Waals surface area contributed by atoms with Crippen LogP contribution in [0.4, 0.5) is 0 Å². The molecule has 5 nitrogen and oxygen atoms in total. The molecule has 0 unspecified atom stereocenters. The number of carbonyl (C=O) groups is 1. The number of allylic oxidation sites excluding steroid dienone is 2. The number of rotatable bonds is 3. The van der Waals surface area contributed by atoms with Gasteiger partial charge in [0.1, 0.15) is 6.07 Å². The van der Waals surface area contributed by atoms with Gasteiger partial charge in [0.2, 0.25) is 0 Å². The van der Waals surface area contributed by atoms with Crippen LogP contribution in [0.1, 0.15) is 24.3 Å². The Kier molecular flexibility index (Phi) is 4.03. The summed E-state index contributed by atoms with van der Waals surface area (Å²) < 4.78 is 0. The van der Waals surface area contributed by atoms with E-state index < -0.39 is 23.4 Å². The number of hydrogen-bond donors (Lipinski definition) is 0. The largest absolute Gasteiger partial charge is 0.356 e. The van der Waals surface area contributed by atoms with Gasteiger partial charge in [-0.15, -0.1) is 0 Å². The van der Waals surface area contributed by atoms with Crippen molar-refractivity contribution in [3.63, 3.8) is 0 Å². The summed E-state index contributed by atoms with van der Waals surface area (Å²) in [6.07, 6.45) is 6.54. The Balaban J connectivity index is 1.96. The number of nitrogens with zero attached hydrogens (tertiary/aromatic N) is 4. The minimum atomic E-state index is -1.48. The number of hydrogen-bond acceptors (Lipinski definition) is 5. The van der Waals surface area contributed by atoms with Crippen LogP contribution in [0.3, 0.4) is 0 Å². The first-order valence-electron chi connectivity index (χ1n) is 8.75. The summed E-state index contributed by atoms with van der Waals surface area (Å²) >= 11 is 6.43. The van der Waals surface area contributed by atoms with Crippen LogP contribution in [0.5, 0.6) is 0 Å². The second kappa shape index (κ2) is 6.27. The van der Waals surface area contributed by atoms with Gasteiger partial charge in [0.25, 0.3) is 0 Å². The van der Waals surface area contributed by atoms with Gasteiger partial charge in [-0.3, -0.25) is 4.79 Å². The number of carbonyl (C=O) groups excluding carboxylic acids is 1. The highest BCUT2D eigenvalue weighted by Crippen LogP contribution is 2.55. The molecule has 1 saturated carbocycles. The van der Waals surface area contributed by atoms with Crippen LogP contribution in [0.25, 0.3) is 0 Å². The number of halogens is 1. The molecule has 27 heavy (non-hydrogen) atoms. The minimum Gasteiger partial charge on any atom is -0.356 e. The van der Waals surface area contributed by atoms with Gasteiger partial charge in [0.15, 0.2) is 11.2 Å². The van der Waals surface area contributed by atoms with E-state index in [9.17, 15) is 20.6 Å². The Morgan fingerprint density at radius 2 is 1.89 bits per heavy atom. The molecular weight excluding hydrogens is 360 g/mol. The van der Waals surface area contributed by atoms with Crippen molar-refractivity contribution >= 4 is 17.4 Å². The molecule has 0 radical (unpaired) electrons. The van der Waals surface area contributed by atoms with Gasteiger partial charge in [-0.1, -0.05) is 35.9 Å². The molecule has 2 fully saturated rings. The standard InChI is InChI=1S/C21H15ClN4O/c22-16-4-2-1-3-15(16)18-19(20(27)14-6-7-14)26-10-13(9-23)5-8-17(26)21(18,11-24)12-25/h1-5,8,10,14,17-19H,6-7H2/t17-,18-,19-/m1/s1. The van der Waals surface area contributed by atoms with Crippen LogP contribution in [0, 0.1) is 45.3 Å². The molecule has 1 aromatic carbocycles. The summed E-state index contributed by atoms with van der Waals surface area (Å²) in [4.78, 5) is 15.0. The fourth-order valence-corrected chi connectivity index (χ4v) is 4.50. The highest BCUT2D eigenvalue weighted by molar-refractivity contribution is 6.31. The lowest BCUT2D eigenvalue weighted by Crippen LogP contribution is -2.40. The maximum absolute atomic E-state index is 13.2. The monoisotopic (exact) mass is 374 g/mol. The van der Waals surface area contributed by atoms with E-state index in [-0.39, 0.29) is 11.7 Å². The van der Waals surface area contributed by atoms with Crippen molar-refractivity contribution in [2.24, 2.45) is 11.3 Å². The lowest BCUT2D eigenvalue weighted by molar-refractivity contribution is -0.124. The van der Waals surface area contributed by atoms with Crippen LogP contribution in [-0.4, -0.2) is 22.8 Å². The van der Waals surface area contributed by atoms with Crippen molar-refractivity contribution in [1.29, 1.82) is 15.8 Å². The van der Waals surface area contributed by atoms with E-state index in [2.05, 4.69) is 18.2 Å². The zero-order valence-corrected chi connectivity index (χ0v) is 15.1. The SMILES string of the molecule is N#CC1=CN2[C@@H](C(=O)C3CC3)[C@@H](c3ccccc3Cl)C(C#N)(C#N)[C@H]2C=C1. The summed E-state index contributed by atoms with van der Waals surface area (Å²) in [5.41, 5.74) is -0.464. The van der Waals surface area contributed by atoms with Crippen LogP contribution < -0.4 is 0 Å². The highest BCUT2D eigenvalue weighted by Gasteiger charge is 2.63. The van der Waals surface area contributed by atoms with E-state index in [0.29, 0.717) is 16.2 Å². The van der Waals surface area contributed by atoms with Gasteiger partial charge in [-0.25, -0.2) is 0 Å². The molecule has 2 heterocycles. The van der Waals surface area contributed by atoms with Crippen molar-refractivity contribution in [2.45, 2.75) is 30.8 Å². The molecule has 2 aliphatic heterocycles. The average molecular weight is 375 g/mol. The van der Waals surface area contributed by atoms with E-state index >= 15 is 0 Å². The first-order chi connectivity index (χ1) is 13.1. The summed E-state index contributed by atoms with van der Waals surface area (Å²) in [5.74, 6) is -0.738. The maximum Gasteiger partial charge on any atom is 0.176 e. The van der Waals surface area contributed by atoms with E-state index in [0.717, 1.165) is 12.8 Å². The normalized spacial score (nSPS) is 27.7. The minimum absolute atomic E-state index is 0.0149. The molecule has 3 atom stereocenters. The number of fused-ring (bicyclic) bond motifs is 1. The molecule has 4 rings (SSSR count). The molecule has 1 saturated heterocycles. The smallest absolute Gasteiger partial charge is 0.176 e. The molecule has 0 bridgehead atoms. The zero-order chi connectivity index (χ0) is 19.2. The van der Waals surface area contributed by atoms with Crippen LogP contribution in [-0.2, 0) is 4.79 Å². The fourth-order valence-electron chi connectivity index (χ4n) is 4.25. The Labute approximate surface area is 162 Å². The van der Waals surface area contributed by atoms with Crippen LogP contribution in [0.2, 0.25) is 5.02 Å². The molecule has 1 aliphatic carbocycles. The van der Waals surface area contributed by atoms with Crippen molar-refractivity contribution in [3.05, 3.63) is 58.8 Å². The van der Waals surface area contributed by atoms with Crippen molar-refractivity contribution < 1.29 is 4.79 Å². The van der Waals surface area contributed by atoms with Crippen LogP contribution >= 0.6 is 11.6 Å². The van der Waals surface area contributed by atoms with E-state index in [1.807, 2.05) is 0 Å². The summed E-state index contributed by atoms with van der Waals surface area (Å²) in [6.45, 7) is 0. The zero-order valence-electron chi connectivity index (χ0n) is 14.3. The van der Waals surface area contributed by atoms with E-state index in [1.54, 1.807) is 47.5 Å². The molecule has 6 heteroatoms. The first kappa shape index (κ1) is 17.3. The molecule has 0 amide bonds. The molecule has 0 aromatic heterocycles. The summed E-state index contributed by atoms with van der Waals surface area (Å²) in [7, 11) is 0. The quantitative estimate of drug-likeness (QED) is 0.807. The van der Waals surface area contributed by atoms with Gasteiger partial charge in [0.05, 0.1) is 29.8 Å².